The van der Waals surface area contributed by atoms with Gasteiger partial charge in [-0.1, -0.05) is 12.1 Å². The van der Waals surface area contributed by atoms with E-state index in [2.05, 4.69) is 28.9 Å². The largest absolute Gasteiger partial charge is 0.409 e. The zero-order chi connectivity index (χ0) is 13.1. The summed E-state index contributed by atoms with van der Waals surface area (Å²) in [6.07, 6.45) is 5.21. The summed E-state index contributed by atoms with van der Waals surface area (Å²) in [6, 6.07) is 4.67. The third-order valence-electron chi connectivity index (χ3n) is 3.67. The molecule has 1 fully saturated rings. The van der Waals surface area contributed by atoms with Crippen LogP contribution < -0.4 is 10.6 Å². The monoisotopic (exact) mass is 248 g/mol. The normalized spacial score (nSPS) is 24.6. The van der Waals surface area contributed by atoms with E-state index < -0.39 is 0 Å². The number of aromatic nitrogens is 1. The number of amidine groups is 1. The lowest BCUT2D eigenvalue weighted by atomic mass is 10.1. The molecule has 1 aliphatic heterocycles. The highest BCUT2D eigenvalue weighted by atomic mass is 16.4. The predicted molar refractivity (Wildman–Crippen MR) is 72.0 cm³/mol. The molecule has 3 N–H and O–H groups in total. The molecule has 2 unspecified atom stereocenters. The highest BCUT2D eigenvalue weighted by Crippen LogP contribution is 2.30. The number of hydrogen-bond donors (Lipinski definition) is 2. The van der Waals surface area contributed by atoms with E-state index in [-0.39, 0.29) is 5.84 Å². The fourth-order valence-electron chi connectivity index (χ4n) is 2.66. The molecule has 18 heavy (non-hydrogen) atoms. The van der Waals surface area contributed by atoms with E-state index in [4.69, 9.17) is 10.9 Å². The van der Waals surface area contributed by atoms with E-state index in [1.807, 2.05) is 6.07 Å². The second-order valence-corrected chi connectivity index (χ2v) is 4.78. The topological polar surface area (TPSA) is 74.7 Å². The third-order valence-corrected chi connectivity index (χ3v) is 3.67. The number of hydrogen-bond acceptors (Lipinski definition) is 4. The van der Waals surface area contributed by atoms with Crippen molar-refractivity contribution in [2.24, 2.45) is 10.9 Å². The lowest BCUT2D eigenvalue weighted by Gasteiger charge is -2.29. The molecule has 2 atom stereocenters. The van der Waals surface area contributed by atoms with E-state index in [0.717, 1.165) is 12.2 Å². The molecule has 0 aromatic carbocycles. The van der Waals surface area contributed by atoms with Gasteiger partial charge in [0.05, 0.1) is 0 Å². The van der Waals surface area contributed by atoms with Crippen LogP contribution in [0.4, 0.5) is 5.82 Å². The average Bonchev–Trinajstić information content (AvgIpc) is 2.79. The van der Waals surface area contributed by atoms with Crippen molar-refractivity contribution in [2.45, 2.75) is 45.2 Å². The minimum atomic E-state index is 0.124. The smallest absolute Gasteiger partial charge is 0.170 e. The first-order valence-electron chi connectivity index (χ1n) is 6.39. The fourth-order valence-corrected chi connectivity index (χ4v) is 2.66. The van der Waals surface area contributed by atoms with Crippen LogP contribution in [0.1, 0.15) is 38.7 Å². The Morgan fingerprint density at radius 2 is 2.39 bits per heavy atom. The van der Waals surface area contributed by atoms with E-state index in [1.54, 1.807) is 12.3 Å². The zero-order valence-corrected chi connectivity index (χ0v) is 10.9. The average molecular weight is 248 g/mol. The summed E-state index contributed by atoms with van der Waals surface area (Å²) < 4.78 is 0. The highest BCUT2D eigenvalue weighted by molar-refractivity contribution is 5.97. The maximum Gasteiger partial charge on any atom is 0.170 e. The SMILES string of the molecule is CCC1CCC(C)N1c1cc(/C(N)=N/O)ccn1. The number of oxime groups is 1. The van der Waals surface area contributed by atoms with Crippen molar-refractivity contribution in [3.05, 3.63) is 23.9 Å². The molecule has 1 aliphatic rings. The molecular weight excluding hydrogens is 228 g/mol. The Kier molecular flexibility index (Phi) is 3.69. The quantitative estimate of drug-likeness (QED) is 0.371. The van der Waals surface area contributed by atoms with Crippen molar-refractivity contribution in [3.63, 3.8) is 0 Å². The maximum atomic E-state index is 8.72. The van der Waals surface area contributed by atoms with Crippen LogP contribution in [0.25, 0.3) is 0 Å². The molecule has 0 amide bonds. The first kappa shape index (κ1) is 12.7. The Morgan fingerprint density at radius 1 is 1.61 bits per heavy atom. The summed E-state index contributed by atoms with van der Waals surface area (Å²) in [5.74, 6) is 1.04. The molecule has 2 heterocycles. The van der Waals surface area contributed by atoms with E-state index in [1.165, 1.54) is 12.8 Å². The molecule has 0 saturated carbocycles. The molecule has 0 aliphatic carbocycles. The summed E-state index contributed by atoms with van der Waals surface area (Å²) >= 11 is 0. The lowest BCUT2D eigenvalue weighted by Crippen LogP contribution is -2.35. The minimum absolute atomic E-state index is 0.124. The van der Waals surface area contributed by atoms with Gasteiger partial charge in [0.2, 0.25) is 0 Å². The molecule has 1 saturated heterocycles. The number of rotatable bonds is 3. The van der Waals surface area contributed by atoms with Gasteiger partial charge in [0.15, 0.2) is 5.84 Å². The van der Waals surface area contributed by atoms with Crippen LogP contribution in [0, 0.1) is 0 Å². The van der Waals surface area contributed by atoms with Crippen molar-refractivity contribution < 1.29 is 5.21 Å². The maximum absolute atomic E-state index is 8.72. The van der Waals surface area contributed by atoms with Gasteiger partial charge in [0, 0.05) is 23.8 Å². The molecule has 0 bridgehead atoms. The number of nitrogens with two attached hydrogens (primary N) is 1. The third kappa shape index (κ3) is 2.25. The Labute approximate surface area is 107 Å². The van der Waals surface area contributed by atoms with Crippen molar-refractivity contribution in [1.29, 1.82) is 0 Å². The van der Waals surface area contributed by atoms with Crippen molar-refractivity contribution in [3.8, 4) is 0 Å². The second-order valence-electron chi connectivity index (χ2n) is 4.78. The van der Waals surface area contributed by atoms with Crippen LogP contribution in [0.3, 0.4) is 0 Å². The summed E-state index contributed by atoms with van der Waals surface area (Å²) in [4.78, 5) is 6.76. The van der Waals surface area contributed by atoms with Crippen LogP contribution >= 0.6 is 0 Å². The van der Waals surface area contributed by atoms with Crippen LogP contribution in [0.15, 0.2) is 23.5 Å². The summed E-state index contributed by atoms with van der Waals surface area (Å²) in [5, 5.41) is 11.8. The lowest BCUT2D eigenvalue weighted by molar-refractivity contribution is 0.318. The zero-order valence-electron chi connectivity index (χ0n) is 10.9. The molecule has 5 nitrogen and oxygen atoms in total. The van der Waals surface area contributed by atoms with E-state index >= 15 is 0 Å². The first-order chi connectivity index (χ1) is 8.67. The first-order valence-corrected chi connectivity index (χ1v) is 6.39. The van der Waals surface area contributed by atoms with Crippen LogP contribution in [0.5, 0.6) is 0 Å². The van der Waals surface area contributed by atoms with Gasteiger partial charge in [-0.2, -0.15) is 0 Å². The molecule has 5 heteroatoms. The van der Waals surface area contributed by atoms with Crippen LogP contribution in [-0.2, 0) is 0 Å². The summed E-state index contributed by atoms with van der Waals surface area (Å²) in [5.41, 5.74) is 6.32. The van der Waals surface area contributed by atoms with E-state index in [0.29, 0.717) is 17.6 Å². The minimum Gasteiger partial charge on any atom is -0.409 e. The van der Waals surface area contributed by atoms with E-state index in [9.17, 15) is 0 Å². The van der Waals surface area contributed by atoms with Gasteiger partial charge in [-0.25, -0.2) is 4.98 Å². The summed E-state index contributed by atoms with van der Waals surface area (Å²) in [6.45, 7) is 4.41. The van der Waals surface area contributed by atoms with Gasteiger partial charge in [-0.05, 0) is 38.3 Å². The highest BCUT2D eigenvalue weighted by Gasteiger charge is 2.30. The van der Waals surface area contributed by atoms with Crippen LogP contribution in [0.2, 0.25) is 0 Å². The van der Waals surface area contributed by atoms with Gasteiger partial charge < -0.3 is 15.8 Å². The Bertz CT molecular complexity index is 446. The number of pyridine rings is 1. The van der Waals surface area contributed by atoms with Gasteiger partial charge in [0.25, 0.3) is 0 Å². The fraction of sp³-hybridized carbons (Fsp3) is 0.538. The Hall–Kier alpha value is -1.78. The van der Waals surface area contributed by atoms with Gasteiger partial charge >= 0.3 is 0 Å². The van der Waals surface area contributed by atoms with Gasteiger partial charge in [-0.15, -0.1) is 0 Å². The molecule has 2 rings (SSSR count). The molecule has 0 spiro atoms. The second kappa shape index (κ2) is 5.25. The molecule has 98 valence electrons. The molecule has 1 aromatic heterocycles. The van der Waals surface area contributed by atoms with Gasteiger partial charge in [0.1, 0.15) is 5.82 Å². The standard InChI is InChI=1S/C13H20N4O/c1-3-11-5-4-9(2)17(11)12-8-10(6-7-15-12)13(14)16-18/h6-9,11,18H,3-5H2,1-2H3,(H2,14,16). The number of nitrogens with zero attached hydrogens (tertiary/aromatic N) is 3. The molecule has 0 radical (unpaired) electrons. The predicted octanol–water partition coefficient (Wildman–Crippen LogP) is 1.94. The Balaban J connectivity index is 2.32. The van der Waals surface area contributed by atoms with Crippen molar-refractivity contribution in [1.82, 2.24) is 4.98 Å². The van der Waals surface area contributed by atoms with Gasteiger partial charge in [-0.3, -0.25) is 0 Å². The van der Waals surface area contributed by atoms with Crippen molar-refractivity contribution >= 4 is 11.7 Å². The summed E-state index contributed by atoms with van der Waals surface area (Å²) in [7, 11) is 0. The van der Waals surface area contributed by atoms with Crippen molar-refractivity contribution in [2.75, 3.05) is 4.90 Å². The number of anilines is 1. The molecule has 1 aromatic rings. The van der Waals surface area contributed by atoms with Crippen LogP contribution in [-0.4, -0.2) is 28.1 Å². The Morgan fingerprint density at radius 3 is 3.06 bits per heavy atom. The molecular formula is C13H20N4O.